The van der Waals surface area contributed by atoms with Crippen LogP contribution in [0.15, 0.2) is 12.2 Å². The molecule has 9 N–H and O–H groups in total. The fourth-order valence-electron chi connectivity index (χ4n) is 13.5. The zero-order valence-electron chi connectivity index (χ0n) is 59.1. The average molecular weight is 1300 g/mol. The molecule has 14 heteroatoms. The number of carbonyl (C=O) groups is 1. The van der Waals surface area contributed by atoms with Crippen LogP contribution in [0.4, 0.5) is 0 Å². The molecular formula is C77H149NO13. The van der Waals surface area contributed by atoms with Gasteiger partial charge in [-0.1, -0.05) is 347 Å². The van der Waals surface area contributed by atoms with E-state index in [1.807, 2.05) is 0 Å². The Bertz CT molecular complexity index is 1570. The summed E-state index contributed by atoms with van der Waals surface area (Å²) in [6, 6.07) is -0.825. The molecule has 2 aliphatic rings. The second-order valence-electron chi connectivity index (χ2n) is 28.2. The van der Waals surface area contributed by atoms with Gasteiger partial charge in [0.15, 0.2) is 12.6 Å². The number of unbranched alkanes of at least 4 members (excludes halogenated alkanes) is 52. The number of ether oxygens (including phenoxy) is 4. The molecule has 2 rings (SSSR count). The number of allylic oxidation sites excluding steroid dienone is 2. The third-order valence-electron chi connectivity index (χ3n) is 19.7. The van der Waals surface area contributed by atoms with Gasteiger partial charge in [-0.3, -0.25) is 4.79 Å². The summed E-state index contributed by atoms with van der Waals surface area (Å²) >= 11 is 0. The second-order valence-corrected chi connectivity index (χ2v) is 28.2. The van der Waals surface area contributed by atoms with E-state index in [0.717, 1.165) is 51.4 Å². The Labute approximate surface area is 558 Å². The van der Waals surface area contributed by atoms with E-state index in [1.165, 1.54) is 302 Å². The Morgan fingerprint density at radius 1 is 0.385 bits per heavy atom. The highest BCUT2D eigenvalue weighted by Crippen LogP contribution is 2.30. The van der Waals surface area contributed by atoms with E-state index in [-0.39, 0.29) is 12.5 Å². The number of hydrogen-bond donors (Lipinski definition) is 9. The zero-order valence-corrected chi connectivity index (χ0v) is 59.1. The molecule has 12 unspecified atom stereocenters. The van der Waals surface area contributed by atoms with Crippen molar-refractivity contribution in [1.29, 1.82) is 0 Å². The van der Waals surface area contributed by atoms with E-state index >= 15 is 0 Å². The van der Waals surface area contributed by atoms with Gasteiger partial charge < -0.3 is 65.1 Å². The Hall–Kier alpha value is -1.27. The standard InChI is InChI=1S/C77H149NO13/c1-3-5-7-9-11-13-15-17-19-21-23-24-25-26-27-28-29-30-31-32-33-34-35-36-37-38-39-40-41-42-43-45-47-49-51-53-55-57-59-61-69(82)78-65(66(81)60-58-56-54-52-50-48-46-44-22-20-18-16-14-12-10-8-6-4-2)64-88-76-74(87)72(85)75(68(63-80)90-76)91-77-73(86)71(84)70(83)67(62-79)89-77/h21,23,65-68,70-77,79-81,83-87H,3-20,22,24-64H2,1-2H3,(H,78,82)/b23-21-. The fraction of sp³-hybridized carbons (Fsp3) is 0.961. The molecule has 0 aromatic heterocycles. The molecule has 2 aliphatic heterocycles. The lowest BCUT2D eigenvalue weighted by Gasteiger charge is -2.46. The van der Waals surface area contributed by atoms with Crippen LogP contribution < -0.4 is 5.32 Å². The van der Waals surface area contributed by atoms with Crippen LogP contribution in [0, 0.1) is 0 Å². The van der Waals surface area contributed by atoms with Crippen molar-refractivity contribution >= 4 is 5.91 Å². The first kappa shape index (κ1) is 85.8. The normalized spacial score (nSPS) is 22.7. The maximum atomic E-state index is 13.4. The number of hydrogen-bond acceptors (Lipinski definition) is 13. The van der Waals surface area contributed by atoms with Crippen molar-refractivity contribution in [3.63, 3.8) is 0 Å². The molecule has 2 saturated heterocycles. The Kier molecular flexibility index (Phi) is 58.7. The van der Waals surface area contributed by atoms with Crippen molar-refractivity contribution in [2.45, 2.75) is 453 Å². The molecule has 0 saturated carbocycles. The first-order valence-electron chi connectivity index (χ1n) is 39.4. The molecule has 91 heavy (non-hydrogen) atoms. The van der Waals surface area contributed by atoms with Gasteiger partial charge in [0.25, 0.3) is 0 Å². The maximum Gasteiger partial charge on any atom is 0.220 e. The largest absolute Gasteiger partial charge is 0.394 e. The van der Waals surface area contributed by atoms with Crippen LogP contribution in [-0.4, -0.2) is 140 Å². The molecule has 0 radical (unpaired) electrons. The number of nitrogens with one attached hydrogen (secondary N) is 1. The van der Waals surface area contributed by atoms with Crippen LogP contribution >= 0.6 is 0 Å². The van der Waals surface area contributed by atoms with Crippen LogP contribution in [0.25, 0.3) is 0 Å². The third-order valence-corrected chi connectivity index (χ3v) is 19.7. The molecular weight excluding hydrogens is 1150 g/mol. The SMILES string of the molecule is CCCCCCCCCC/C=C\CCCCCCCCCCCCCCCCCCCCCCCCCCCCCC(=O)NC(COC1OC(CO)C(OC2OC(CO)C(O)C(O)C2O)C(O)C1O)C(O)CCCCCCCCCCCCCCCCCCCC. The Balaban J connectivity index is 1.54. The topological polar surface area (TPSA) is 228 Å². The molecule has 0 aliphatic carbocycles. The smallest absolute Gasteiger partial charge is 0.220 e. The minimum Gasteiger partial charge on any atom is -0.394 e. The summed E-state index contributed by atoms with van der Waals surface area (Å²) in [5.74, 6) is -0.197. The first-order valence-corrected chi connectivity index (χ1v) is 39.4. The van der Waals surface area contributed by atoms with Gasteiger partial charge in [-0.2, -0.15) is 0 Å². The quantitative estimate of drug-likeness (QED) is 0.0204. The van der Waals surface area contributed by atoms with E-state index in [9.17, 15) is 45.6 Å². The van der Waals surface area contributed by atoms with Gasteiger partial charge in [-0.15, -0.1) is 0 Å². The summed E-state index contributed by atoms with van der Waals surface area (Å²) in [5.41, 5.74) is 0. The number of aliphatic hydroxyl groups excluding tert-OH is 8. The highest BCUT2D eigenvalue weighted by molar-refractivity contribution is 5.76. The zero-order chi connectivity index (χ0) is 65.9. The minimum atomic E-state index is -1.78. The summed E-state index contributed by atoms with van der Waals surface area (Å²) in [6.45, 7) is 2.92. The van der Waals surface area contributed by atoms with Gasteiger partial charge in [0, 0.05) is 6.42 Å². The van der Waals surface area contributed by atoms with E-state index in [0.29, 0.717) is 12.8 Å². The van der Waals surface area contributed by atoms with Crippen LogP contribution in [0.3, 0.4) is 0 Å². The van der Waals surface area contributed by atoms with Gasteiger partial charge in [0.2, 0.25) is 5.91 Å². The molecule has 0 aromatic carbocycles. The second kappa shape index (κ2) is 62.3. The highest BCUT2D eigenvalue weighted by Gasteiger charge is 2.51. The lowest BCUT2D eigenvalue weighted by Crippen LogP contribution is -2.65. The first-order chi connectivity index (χ1) is 44.6. The highest BCUT2D eigenvalue weighted by atomic mass is 16.7. The molecule has 2 heterocycles. The number of carbonyl (C=O) groups excluding carboxylic acids is 1. The van der Waals surface area contributed by atoms with Crippen LogP contribution in [0.2, 0.25) is 0 Å². The lowest BCUT2D eigenvalue weighted by molar-refractivity contribution is -0.359. The lowest BCUT2D eigenvalue weighted by atomic mass is 9.97. The summed E-state index contributed by atoms with van der Waals surface area (Å²) in [5, 5.41) is 87.7. The molecule has 0 bridgehead atoms. The maximum absolute atomic E-state index is 13.4. The van der Waals surface area contributed by atoms with Crippen molar-refractivity contribution in [3.05, 3.63) is 12.2 Å². The molecule has 1 amide bonds. The molecule has 14 nitrogen and oxygen atoms in total. The van der Waals surface area contributed by atoms with E-state index in [2.05, 4.69) is 31.3 Å². The predicted octanol–water partition coefficient (Wildman–Crippen LogP) is 17.3. The molecule has 540 valence electrons. The van der Waals surface area contributed by atoms with Crippen molar-refractivity contribution in [2.75, 3.05) is 19.8 Å². The summed E-state index contributed by atoms with van der Waals surface area (Å²) in [4.78, 5) is 13.4. The summed E-state index contributed by atoms with van der Waals surface area (Å²) in [7, 11) is 0. The predicted molar refractivity (Wildman–Crippen MR) is 374 cm³/mol. The van der Waals surface area contributed by atoms with Crippen LogP contribution in [-0.2, 0) is 23.7 Å². The van der Waals surface area contributed by atoms with Gasteiger partial charge in [0.05, 0.1) is 32.0 Å². The number of aliphatic hydroxyl groups is 8. The van der Waals surface area contributed by atoms with Gasteiger partial charge in [-0.25, -0.2) is 0 Å². The van der Waals surface area contributed by atoms with Crippen molar-refractivity contribution in [2.24, 2.45) is 0 Å². The molecule has 12 atom stereocenters. The van der Waals surface area contributed by atoms with E-state index in [4.69, 9.17) is 18.9 Å². The summed E-state index contributed by atoms with van der Waals surface area (Å²) < 4.78 is 22.9. The molecule has 0 spiro atoms. The summed E-state index contributed by atoms with van der Waals surface area (Å²) in [6.07, 6.45) is 61.3. The van der Waals surface area contributed by atoms with Crippen LogP contribution in [0.5, 0.6) is 0 Å². The average Bonchev–Trinajstić information content (AvgIpc) is 1.19. The van der Waals surface area contributed by atoms with Gasteiger partial charge in [0.1, 0.15) is 48.8 Å². The van der Waals surface area contributed by atoms with Crippen molar-refractivity contribution in [3.8, 4) is 0 Å². The Morgan fingerprint density at radius 3 is 1.04 bits per heavy atom. The van der Waals surface area contributed by atoms with Gasteiger partial charge in [-0.05, 0) is 38.5 Å². The Morgan fingerprint density at radius 2 is 0.692 bits per heavy atom. The monoisotopic (exact) mass is 1300 g/mol. The fourth-order valence-corrected chi connectivity index (χ4v) is 13.5. The molecule has 0 aromatic rings. The van der Waals surface area contributed by atoms with Crippen molar-refractivity contribution in [1.82, 2.24) is 5.32 Å². The molecule has 2 fully saturated rings. The van der Waals surface area contributed by atoms with E-state index in [1.54, 1.807) is 0 Å². The number of amides is 1. The van der Waals surface area contributed by atoms with Crippen LogP contribution in [0.1, 0.15) is 380 Å². The minimum absolute atomic E-state index is 0.197. The third kappa shape index (κ3) is 45.8. The van der Waals surface area contributed by atoms with E-state index < -0.39 is 86.8 Å². The number of rotatable bonds is 67. The van der Waals surface area contributed by atoms with Gasteiger partial charge >= 0.3 is 0 Å². The van der Waals surface area contributed by atoms with Crippen molar-refractivity contribution < 1.29 is 64.6 Å².